The van der Waals surface area contributed by atoms with E-state index in [1.54, 1.807) is 0 Å². The van der Waals surface area contributed by atoms with Gasteiger partial charge in [-0.15, -0.1) is 0 Å². The van der Waals surface area contributed by atoms with Gasteiger partial charge in [0, 0.05) is 27.2 Å². The number of alkyl halides is 2. The van der Waals surface area contributed by atoms with Gasteiger partial charge >= 0.3 is 5.92 Å². The molecule has 24 heavy (non-hydrogen) atoms. The van der Waals surface area contributed by atoms with Crippen molar-refractivity contribution >= 4 is 15.9 Å². The summed E-state index contributed by atoms with van der Waals surface area (Å²) >= 11 is 2.99. The Morgan fingerprint density at radius 3 is 2.42 bits per heavy atom. The summed E-state index contributed by atoms with van der Waals surface area (Å²) in [5.41, 5.74) is -5.66. The van der Waals surface area contributed by atoms with Crippen LogP contribution in [0.25, 0.3) is 0 Å². The lowest BCUT2D eigenvalue weighted by Gasteiger charge is -2.32. The van der Waals surface area contributed by atoms with E-state index in [1.165, 1.54) is 6.07 Å². The van der Waals surface area contributed by atoms with Crippen LogP contribution >= 0.6 is 15.9 Å². The second kappa shape index (κ2) is 6.44. The van der Waals surface area contributed by atoms with Crippen LogP contribution in [0.15, 0.2) is 41.0 Å². The van der Waals surface area contributed by atoms with Crippen LogP contribution in [0, 0.1) is 21.7 Å². The quantitative estimate of drug-likeness (QED) is 0.467. The molecule has 0 fully saturated rings. The van der Waals surface area contributed by atoms with Crippen LogP contribution in [0.3, 0.4) is 0 Å². The smallest absolute Gasteiger partial charge is 0.328 e. The highest BCUT2D eigenvalue weighted by Crippen LogP contribution is 2.45. The first-order chi connectivity index (χ1) is 11.1. The summed E-state index contributed by atoms with van der Waals surface area (Å²) in [6, 6.07) is 3.43. The Balaban J connectivity index is 2.66. The number of nitrogens with zero attached hydrogens (tertiary/aromatic N) is 2. The third-order valence-corrected chi connectivity index (χ3v) is 3.77. The van der Waals surface area contributed by atoms with E-state index < -0.39 is 45.9 Å². The molecule has 2 rings (SSSR count). The zero-order valence-corrected chi connectivity index (χ0v) is 13.3. The van der Waals surface area contributed by atoms with E-state index in [0.717, 1.165) is 12.3 Å². The van der Waals surface area contributed by atoms with Gasteiger partial charge in [0.2, 0.25) is 12.1 Å². The number of hydrogen-bond donors (Lipinski definition) is 1. The largest absolute Gasteiger partial charge is 0.373 e. The second-order valence-corrected chi connectivity index (χ2v) is 5.83. The van der Waals surface area contributed by atoms with Crippen molar-refractivity contribution in [2.75, 3.05) is 6.54 Å². The van der Waals surface area contributed by atoms with Gasteiger partial charge in [0.25, 0.3) is 0 Å². The van der Waals surface area contributed by atoms with Gasteiger partial charge in [-0.05, 0) is 40.2 Å². The van der Waals surface area contributed by atoms with Crippen LogP contribution in [0.1, 0.15) is 11.3 Å². The fourth-order valence-corrected chi connectivity index (χ4v) is 2.37. The third-order valence-electron chi connectivity index (χ3n) is 3.30. The summed E-state index contributed by atoms with van der Waals surface area (Å²) in [5, 5.41) is 21.2. The summed E-state index contributed by atoms with van der Waals surface area (Å²) in [5.74, 6) is -6.93. The molecule has 0 bridgehead atoms. The topological polar surface area (TPSA) is 76.3 Å². The van der Waals surface area contributed by atoms with Gasteiger partial charge in [0.05, 0.1) is 0 Å². The number of halogens is 5. The van der Waals surface area contributed by atoms with Crippen molar-refractivity contribution in [1.82, 2.24) is 4.98 Å². The molecular weight excluding hydrogens is 400 g/mol. The number of aromatic nitrogens is 1. The highest BCUT2D eigenvalue weighted by molar-refractivity contribution is 9.10. The maximum absolute atomic E-state index is 14.8. The maximum Gasteiger partial charge on any atom is 0.328 e. The summed E-state index contributed by atoms with van der Waals surface area (Å²) < 4.78 is 56.8. The van der Waals surface area contributed by atoms with Gasteiger partial charge in [-0.1, -0.05) is 0 Å². The first kappa shape index (κ1) is 18.3. The lowest BCUT2D eigenvalue weighted by Crippen LogP contribution is -2.49. The molecule has 0 unspecified atom stereocenters. The van der Waals surface area contributed by atoms with Crippen molar-refractivity contribution in [3.05, 3.63) is 74.0 Å². The highest BCUT2D eigenvalue weighted by Gasteiger charge is 2.60. The molecule has 1 heterocycles. The minimum absolute atomic E-state index is 0.255. The Labute approximate surface area is 141 Å². The Kier molecular flexibility index (Phi) is 4.90. The van der Waals surface area contributed by atoms with E-state index in [2.05, 4.69) is 20.9 Å². The van der Waals surface area contributed by atoms with Crippen molar-refractivity contribution in [1.29, 1.82) is 0 Å². The van der Waals surface area contributed by atoms with Gasteiger partial charge < -0.3 is 5.11 Å². The molecule has 1 aromatic heterocycles. The van der Waals surface area contributed by atoms with Crippen LogP contribution in [-0.4, -0.2) is 21.6 Å². The molecule has 5 nitrogen and oxygen atoms in total. The molecule has 0 spiro atoms. The van der Waals surface area contributed by atoms with Gasteiger partial charge in [0.15, 0.2) is 0 Å². The van der Waals surface area contributed by atoms with Gasteiger partial charge in [-0.25, -0.2) is 8.78 Å². The molecule has 1 atom stereocenters. The molecule has 128 valence electrons. The minimum Gasteiger partial charge on any atom is -0.373 e. The van der Waals surface area contributed by atoms with E-state index >= 15 is 0 Å². The Hall–Kier alpha value is -2.07. The van der Waals surface area contributed by atoms with Gasteiger partial charge in [-0.2, -0.15) is 8.78 Å². The molecular formula is C14H9BrF4N2O3. The van der Waals surface area contributed by atoms with Gasteiger partial charge in [0.1, 0.15) is 17.3 Å². The monoisotopic (exact) mass is 408 g/mol. The molecule has 1 N–H and O–H groups in total. The molecule has 0 saturated carbocycles. The van der Waals surface area contributed by atoms with E-state index in [0.29, 0.717) is 16.6 Å². The maximum atomic E-state index is 14.8. The van der Waals surface area contributed by atoms with Gasteiger partial charge in [-0.3, -0.25) is 15.1 Å². The normalized spacial score (nSPS) is 14.2. The Bertz CT molecular complexity index is 773. The molecule has 1 aromatic carbocycles. The SMILES string of the molecule is O=[N+]([O-])C[C@](O)(c1ccc(F)cc1F)C(F)(F)c1ccc(Br)cn1. The van der Waals surface area contributed by atoms with E-state index in [9.17, 15) is 32.8 Å². The predicted molar refractivity (Wildman–Crippen MR) is 77.9 cm³/mol. The second-order valence-electron chi connectivity index (χ2n) is 4.91. The molecule has 10 heteroatoms. The number of pyridine rings is 1. The first-order valence-corrected chi connectivity index (χ1v) is 7.17. The summed E-state index contributed by atoms with van der Waals surface area (Å²) in [6.45, 7) is -1.71. The van der Waals surface area contributed by atoms with Crippen LogP contribution < -0.4 is 0 Å². The molecule has 2 aromatic rings. The number of aliphatic hydroxyl groups is 1. The van der Waals surface area contributed by atoms with Crippen molar-refractivity contribution in [3.8, 4) is 0 Å². The van der Waals surface area contributed by atoms with Crippen LogP contribution in [0.4, 0.5) is 17.6 Å². The van der Waals surface area contributed by atoms with Crippen LogP contribution in [0.2, 0.25) is 0 Å². The number of rotatable bonds is 5. The fourth-order valence-electron chi connectivity index (χ4n) is 2.14. The average Bonchev–Trinajstić information content (AvgIpc) is 2.46. The fraction of sp³-hybridized carbons (Fsp3) is 0.214. The summed E-state index contributed by atoms with van der Waals surface area (Å²) in [6.07, 6.45) is 0.997. The van der Waals surface area contributed by atoms with Crippen molar-refractivity contribution in [3.63, 3.8) is 0 Å². The minimum atomic E-state index is -4.32. The van der Waals surface area contributed by atoms with Crippen LogP contribution in [0.5, 0.6) is 0 Å². The molecule has 0 radical (unpaired) electrons. The summed E-state index contributed by atoms with van der Waals surface area (Å²) in [4.78, 5) is 13.0. The molecule has 0 aliphatic heterocycles. The standard InChI is InChI=1S/C14H9BrF4N2O3/c15-8-1-4-12(20-6-8)14(18,19)13(22,7-21(23)24)10-3-2-9(16)5-11(10)17/h1-6,22H,7H2/t13-/m0/s1. The zero-order chi connectivity index (χ0) is 18.1. The van der Waals surface area contributed by atoms with E-state index in [-0.39, 0.29) is 6.07 Å². The number of nitro groups is 1. The first-order valence-electron chi connectivity index (χ1n) is 6.37. The van der Waals surface area contributed by atoms with Crippen LogP contribution in [-0.2, 0) is 11.5 Å². The molecule has 0 amide bonds. The average molecular weight is 409 g/mol. The lowest BCUT2D eigenvalue weighted by atomic mass is 9.84. The summed E-state index contributed by atoms with van der Waals surface area (Å²) in [7, 11) is 0. The lowest BCUT2D eigenvalue weighted by molar-refractivity contribution is -0.514. The zero-order valence-electron chi connectivity index (χ0n) is 11.7. The van der Waals surface area contributed by atoms with E-state index in [1.807, 2.05) is 0 Å². The Morgan fingerprint density at radius 1 is 1.25 bits per heavy atom. The molecule has 0 aliphatic rings. The molecule has 0 aliphatic carbocycles. The van der Waals surface area contributed by atoms with E-state index in [4.69, 9.17) is 0 Å². The highest BCUT2D eigenvalue weighted by atomic mass is 79.9. The number of hydrogen-bond acceptors (Lipinski definition) is 4. The van der Waals surface area contributed by atoms with Crippen molar-refractivity contribution < 1.29 is 27.6 Å². The predicted octanol–water partition coefficient (Wildman–Crippen LogP) is 3.38. The van der Waals surface area contributed by atoms with Crippen molar-refractivity contribution in [2.45, 2.75) is 11.5 Å². The Morgan fingerprint density at radius 2 is 1.92 bits per heavy atom. The molecule has 0 saturated heterocycles. The number of benzene rings is 1. The third kappa shape index (κ3) is 3.24. The van der Waals surface area contributed by atoms with Crippen molar-refractivity contribution in [2.24, 2.45) is 0 Å².